The summed E-state index contributed by atoms with van der Waals surface area (Å²) in [7, 11) is 0. The van der Waals surface area contributed by atoms with Gasteiger partial charge in [0.05, 0.1) is 10.7 Å². The SMILES string of the molecule is CCCc1cccc(Cl)c1N(COCC)C(C)=O. The quantitative estimate of drug-likeness (QED) is 0.738. The van der Waals surface area contributed by atoms with Gasteiger partial charge in [0.25, 0.3) is 0 Å². The summed E-state index contributed by atoms with van der Waals surface area (Å²) < 4.78 is 5.35. The standard InChI is InChI=1S/C14H20ClNO2/c1-4-7-12-8-6-9-13(15)14(12)16(11(3)17)10-18-5-2/h6,8-9H,4-5,7,10H2,1-3H3. The van der Waals surface area contributed by atoms with Crippen LogP contribution in [0.3, 0.4) is 0 Å². The summed E-state index contributed by atoms with van der Waals surface area (Å²) in [5, 5.41) is 0.593. The van der Waals surface area contributed by atoms with E-state index in [-0.39, 0.29) is 12.6 Å². The second kappa shape index (κ2) is 7.39. The minimum atomic E-state index is -0.0612. The van der Waals surface area contributed by atoms with Crippen molar-refractivity contribution in [2.45, 2.75) is 33.6 Å². The van der Waals surface area contributed by atoms with E-state index in [1.54, 1.807) is 11.0 Å². The van der Waals surface area contributed by atoms with Gasteiger partial charge in [-0.3, -0.25) is 9.69 Å². The molecule has 0 unspecified atom stereocenters. The Hall–Kier alpha value is -1.06. The minimum absolute atomic E-state index is 0.0612. The summed E-state index contributed by atoms with van der Waals surface area (Å²) in [5.74, 6) is -0.0612. The van der Waals surface area contributed by atoms with E-state index in [2.05, 4.69) is 6.92 Å². The average molecular weight is 270 g/mol. The van der Waals surface area contributed by atoms with Crippen LogP contribution in [0.1, 0.15) is 32.8 Å². The van der Waals surface area contributed by atoms with Gasteiger partial charge in [0, 0.05) is 13.5 Å². The van der Waals surface area contributed by atoms with E-state index in [0.717, 1.165) is 24.1 Å². The van der Waals surface area contributed by atoms with Crippen LogP contribution in [0.4, 0.5) is 5.69 Å². The van der Waals surface area contributed by atoms with E-state index >= 15 is 0 Å². The smallest absolute Gasteiger partial charge is 0.225 e. The first-order valence-corrected chi connectivity index (χ1v) is 6.62. The molecule has 0 bridgehead atoms. The predicted molar refractivity (Wildman–Crippen MR) is 75.1 cm³/mol. The fourth-order valence-corrected chi connectivity index (χ4v) is 2.12. The number of halogens is 1. The molecule has 18 heavy (non-hydrogen) atoms. The second-order valence-electron chi connectivity index (χ2n) is 4.07. The third-order valence-corrected chi connectivity index (χ3v) is 2.97. The molecular formula is C14H20ClNO2. The lowest BCUT2D eigenvalue weighted by atomic mass is 10.1. The molecule has 100 valence electrons. The fourth-order valence-electron chi connectivity index (χ4n) is 1.83. The molecule has 1 aromatic carbocycles. The van der Waals surface area contributed by atoms with Gasteiger partial charge in [-0.15, -0.1) is 0 Å². The number of aryl methyl sites for hydroxylation is 1. The molecule has 0 saturated heterocycles. The van der Waals surface area contributed by atoms with Crippen LogP contribution in [-0.2, 0) is 16.0 Å². The summed E-state index contributed by atoms with van der Waals surface area (Å²) in [6.07, 6.45) is 1.90. The van der Waals surface area contributed by atoms with Gasteiger partial charge in [0.1, 0.15) is 6.73 Å². The van der Waals surface area contributed by atoms with Gasteiger partial charge >= 0.3 is 0 Å². The molecule has 0 atom stereocenters. The van der Waals surface area contributed by atoms with E-state index in [9.17, 15) is 4.79 Å². The van der Waals surface area contributed by atoms with E-state index in [1.165, 1.54) is 6.92 Å². The molecule has 0 heterocycles. The second-order valence-corrected chi connectivity index (χ2v) is 4.47. The van der Waals surface area contributed by atoms with Crippen molar-refractivity contribution in [3.05, 3.63) is 28.8 Å². The molecular weight excluding hydrogens is 250 g/mol. The Kier molecular flexibility index (Phi) is 6.16. The maximum absolute atomic E-state index is 11.7. The van der Waals surface area contributed by atoms with Crippen LogP contribution in [-0.4, -0.2) is 19.2 Å². The number of hydrogen-bond donors (Lipinski definition) is 0. The number of nitrogens with zero attached hydrogens (tertiary/aromatic N) is 1. The number of ether oxygens (including phenoxy) is 1. The zero-order valence-electron chi connectivity index (χ0n) is 11.2. The molecule has 0 radical (unpaired) electrons. The molecule has 0 fully saturated rings. The van der Waals surface area contributed by atoms with Crippen molar-refractivity contribution >= 4 is 23.2 Å². The van der Waals surface area contributed by atoms with Crippen molar-refractivity contribution < 1.29 is 9.53 Å². The number of benzene rings is 1. The topological polar surface area (TPSA) is 29.5 Å². The molecule has 1 aromatic rings. The largest absolute Gasteiger partial charge is 0.361 e. The van der Waals surface area contributed by atoms with Crippen LogP contribution in [0, 0.1) is 0 Å². The Morgan fingerprint density at radius 2 is 2.11 bits per heavy atom. The molecule has 0 aliphatic rings. The van der Waals surface area contributed by atoms with Crippen LogP contribution in [0.2, 0.25) is 5.02 Å². The van der Waals surface area contributed by atoms with Crippen LogP contribution in [0.15, 0.2) is 18.2 Å². The van der Waals surface area contributed by atoms with Crippen molar-refractivity contribution in [3.8, 4) is 0 Å². The van der Waals surface area contributed by atoms with Crippen molar-refractivity contribution in [2.24, 2.45) is 0 Å². The third-order valence-electron chi connectivity index (χ3n) is 2.66. The van der Waals surface area contributed by atoms with Gasteiger partial charge in [0.2, 0.25) is 5.91 Å². The highest BCUT2D eigenvalue weighted by molar-refractivity contribution is 6.34. The van der Waals surface area contributed by atoms with Crippen molar-refractivity contribution in [1.82, 2.24) is 0 Å². The van der Waals surface area contributed by atoms with Crippen LogP contribution in [0.5, 0.6) is 0 Å². The molecule has 0 aliphatic carbocycles. The van der Waals surface area contributed by atoms with Crippen LogP contribution in [0.25, 0.3) is 0 Å². The molecule has 1 rings (SSSR count). The first-order valence-electron chi connectivity index (χ1n) is 6.25. The van der Waals surface area contributed by atoms with E-state index in [4.69, 9.17) is 16.3 Å². The molecule has 0 saturated carbocycles. The Labute approximate surface area is 114 Å². The maximum Gasteiger partial charge on any atom is 0.225 e. The molecule has 0 aliphatic heterocycles. The van der Waals surface area contributed by atoms with Gasteiger partial charge in [-0.2, -0.15) is 0 Å². The van der Waals surface area contributed by atoms with Crippen LogP contribution >= 0.6 is 11.6 Å². The maximum atomic E-state index is 11.7. The zero-order valence-corrected chi connectivity index (χ0v) is 12.0. The highest BCUT2D eigenvalue weighted by Crippen LogP contribution is 2.31. The van der Waals surface area contributed by atoms with E-state index < -0.39 is 0 Å². The highest BCUT2D eigenvalue weighted by atomic mass is 35.5. The number of carbonyl (C=O) groups is 1. The van der Waals surface area contributed by atoms with Crippen molar-refractivity contribution in [1.29, 1.82) is 0 Å². The van der Waals surface area contributed by atoms with Crippen molar-refractivity contribution in [3.63, 3.8) is 0 Å². The Balaban J connectivity index is 3.12. The van der Waals surface area contributed by atoms with Gasteiger partial charge in [-0.05, 0) is 25.0 Å². The Morgan fingerprint density at radius 3 is 2.67 bits per heavy atom. The number of amides is 1. The number of rotatable bonds is 6. The van der Waals surface area contributed by atoms with Crippen LogP contribution < -0.4 is 4.90 Å². The number of para-hydroxylation sites is 1. The molecule has 0 aromatic heterocycles. The number of carbonyl (C=O) groups excluding carboxylic acids is 1. The van der Waals surface area contributed by atoms with E-state index in [1.807, 2.05) is 19.1 Å². The highest BCUT2D eigenvalue weighted by Gasteiger charge is 2.18. The Morgan fingerprint density at radius 1 is 1.39 bits per heavy atom. The Bertz CT molecular complexity index is 407. The number of hydrogen-bond acceptors (Lipinski definition) is 2. The molecule has 3 nitrogen and oxygen atoms in total. The van der Waals surface area contributed by atoms with Crippen molar-refractivity contribution in [2.75, 3.05) is 18.2 Å². The van der Waals surface area contributed by atoms with Gasteiger partial charge in [0.15, 0.2) is 0 Å². The predicted octanol–water partition coefficient (Wildman–Crippen LogP) is 3.64. The number of anilines is 1. The fraction of sp³-hybridized carbons (Fsp3) is 0.500. The summed E-state index contributed by atoms with van der Waals surface area (Å²) in [6.45, 7) is 6.34. The monoisotopic (exact) mass is 269 g/mol. The lowest BCUT2D eigenvalue weighted by Crippen LogP contribution is -2.32. The van der Waals surface area contributed by atoms with E-state index in [0.29, 0.717) is 11.6 Å². The first kappa shape index (κ1) is 15.0. The van der Waals surface area contributed by atoms with Gasteiger partial charge in [-0.1, -0.05) is 37.1 Å². The lowest BCUT2D eigenvalue weighted by molar-refractivity contribution is -0.117. The third kappa shape index (κ3) is 3.72. The molecule has 0 N–H and O–H groups in total. The average Bonchev–Trinajstić information content (AvgIpc) is 2.32. The molecule has 0 spiro atoms. The molecule has 4 heteroatoms. The summed E-state index contributed by atoms with van der Waals surface area (Å²) >= 11 is 6.23. The molecule has 1 amide bonds. The lowest BCUT2D eigenvalue weighted by Gasteiger charge is -2.24. The van der Waals surface area contributed by atoms with Gasteiger partial charge in [-0.25, -0.2) is 0 Å². The summed E-state index contributed by atoms with van der Waals surface area (Å²) in [5.41, 5.74) is 1.86. The normalized spacial score (nSPS) is 10.4. The minimum Gasteiger partial charge on any atom is -0.361 e. The summed E-state index contributed by atoms with van der Waals surface area (Å²) in [4.78, 5) is 13.3. The zero-order chi connectivity index (χ0) is 13.5. The summed E-state index contributed by atoms with van der Waals surface area (Å²) in [6, 6.07) is 5.72. The van der Waals surface area contributed by atoms with Gasteiger partial charge < -0.3 is 4.74 Å². The first-order chi connectivity index (χ1) is 8.61.